The highest BCUT2D eigenvalue weighted by molar-refractivity contribution is 6.08. The predicted molar refractivity (Wildman–Crippen MR) is 119 cm³/mol. The van der Waals surface area contributed by atoms with Crippen LogP contribution < -0.4 is 16.2 Å². The minimum atomic E-state index is -0.634. The van der Waals surface area contributed by atoms with E-state index in [9.17, 15) is 18.4 Å². The van der Waals surface area contributed by atoms with Crippen LogP contribution in [-0.4, -0.2) is 23.6 Å². The number of hydrogen-bond acceptors (Lipinski definition) is 3. The van der Waals surface area contributed by atoms with E-state index in [2.05, 4.69) is 10.6 Å². The lowest BCUT2D eigenvalue weighted by Gasteiger charge is -2.24. The Morgan fingerprint density at radius 1 is 1.16 bits per heavy atom. The van der Waals surface area contributed by atoms with Gasteiger partial charge in [-0.15, -0.1) is 0 Å². The van der Waals surface area contributed by atoms with Gasteiger partial charge in [-0.2, -0.15) is 0 Å². The van der Waals surface area contributed by atoms with Gasteiger partial charge in [0.1, 0.15) is 11.6 Å². The van der Waals surface area contributed by atoms with Gasteiger partial charge in [-0.25, -0.2) is 8.78 Å². The van der Waals surface area contributed by atoms with E-state index < -0.39 is 11.4 Å². The summed E-state index contributed by atoms with van der Waals surface area (Å²) in [4.78, 5) is 26.9. The minimum absolute atomic E-state index is 0.0659. The molecule has 2 heterocycles. The summed E-state index contributed by atoms with van der Waals surface area (Å²) in [6.45, 7) is 3.10. The third-order valence-electron chi connectivity index (χ3n) is 6.65. The minimum Gasteiger partial charge on any atom is -0.345 e. The third kappa shape index (κ3) is 3.60. The summed E-state index contributed by atoms with van der Waals surface area (Å²) in [6, 6.07) is 10.2. The number of hydrogen-bond donors (Lipinski definition) is 2. The van der Waals surface area contributed by atoms with Gasteiger partial charge in [-0.3, -0.25) is 9.59 Å². The van der Waals surface area contributed by atoms with Crippen LogP contribution in [0.25, 0.3) is 10.8 Å². The van der Waals surface area contributed by atoms with Crippen LogP contribution in [0.15, 0.2) is 47.3 Å². The fourth-order valence-corrected chi connectivity index (χ4v) is 4.94. The van der Waals surface area contributed by atoms with E-state index in [0.29, 0.717) is 28.8 Å². The lowest BCUT2D eigenvalue weighted by Crippen LogP contribution is -2.35. The molecule has 166 valence electrons. The highest BCUT2D eigenvalue weighted by atomic mass is 19.1. The predicted octanol–water partition coefficient (Wildman–Crippen LogP) is 4.00. The van der Waals surface area contributed by atoms with Crippen molar-refractivity contribution in [3.63, 3.8) is 0 Å². The number of nitrogens with one attached hydrogen (secondary N) is 2. The van der Waals surface area contributed by atoms with Crippen molar-refractivity contribution in [2.75, 3.05) is 13.1 Å². The molecular weight excluding hydrogens is 412 g/mol. The Bertz CT molecular complexity index is 1260. The lowest BCUT2D eigenvalue weighted by atomic mass is 9.98. The van der Waals surface area contributed by atoms with Gasteiger partial charge in [0.25, 0.3) is 11.5 Å². The van der Waals surface area contributed by atoms with Gasteiger partial charge in [-0.05, 0) is 62.4 Å². The molecule has 2 N–H and O–H groups in total. The molecule has 2 aromatic carbocycles. The second-order valence-corrected chi connectivity index (χ2v) is 8.79. The van der Waals surface area contributed by atoms with E-state index in [1.54, 1.807) is 23.6 Å². The van der Waals surface area contributed by atoms with Gasteiger partial charge in [0, 0.05) is 17.6 Å². The second-order valence-electron chi connectivity index (χ2n) is 8.79. The van der Waals surface area contributed by atoms with E-state index in [1.807, 2.05) is 6.07 Å². The summed E-state index contributed by atoms with van der Waals surface area (Å²) < 4.78 is 30.2. The second kappa shape index (κ2) is 8.13. The smallest absolute Gasteiger partial charge is 0.261 e. The fourth-order valence-electron chi connectivity index (χ4n) is 4.94. The number of nitrogens with zero attached hydrogens (tertiary/aromatic N) is 1. The van der Waals surface area contributed by atoms with Crippen LogP contribution in [0.1, 0.15) is 53.0 Å². The summed E-state index contributed by atoms with van der Waals surface area (Å²) in [7, 11) is 0. The van der Waals surface area contributed by atoms with Gasteiger partial charge < -0.3 is 15.2 Å². The van der Waals surface area contributed by atoms with Gasteiger partial charge in [0.05, 0.1) is 23.0 Å². The van der Waals surface area contributed by atoms with E-state index in [4.69, 9.17) is 0 Å². The molecule has 0 radical (unpaired) electrons. The maximum absolute atomic E-state index is 14.8. The van der Waals surface area contributed by atoms with Crippen LogP contribution in [0, 0.1) is 24.5 Å². The van der Waals surface area contributed by atoms with Crippen LogP contribution >= 0.6 is 0 Å². The first-order valence-electron chi connectivity index (χ1n) is 11.1. The Balaban J connectivity index is 1.63. The quantitative estimate of drug-likeness (QED) is 0.634. The van der Waals surface area contributed by atoms with Crippen LogP contribution in [0.3, 0.4) is 0 Å². The molecule has 2 atom stereocenters. The van der Waals surface area contributed by atoms with Crippen molar-refractivity contribution in [2.45, 2.75) is 38.3 Å². The lowest BCUT2D eigenvalue weighted by molar-refractivity contribution is 0.0931. The van der Waals surface area contributed by atoms with Crippen molar-refractivity contribution in [3.05, 3.63) is 81.3 Å². The molecule has 1 aliphatic heterocycles. The normalized spacial score (nSPS) is 19.3. The third-order valence-corrected chi connectivity index (χ3v) is 6.65. The highest BCUT2D eigenvalue weighted by Crippen LogP contribution is 2.41. The Hall–Kier alpha value is -3.06. The Morgan fingerprint density at radius 3 is 2.62 bits per heavy atom. The summed E-state index contributed by atoms with van der Waals surface area (Å²) in [6.07, 6.45) is 2.63. The molecule has 5 nitrogen and oxygen atoms in total. The number of carbonyl (C=O) groups is 1. The summed E-state index contributed by atoms with van der Waals surface area (Å²) >= 11 is 0. The molecule has 0 bridgehead atoms. The van der Waals surface area contributed by atoms with Crippen molar-refractivity contribution in [2.24, 2.45) is 5.92 Å². The molecule has 5 rings (SSSR count). The molecule has 1 saturated heterocycles. The number of amides is 1. The van der Waals surface area contributed by atoms with Gasteiger partial charge in [0.15, 0.2) is 0 Å². The summed E-state index contributed by atoms with van der Waals surface area (Å²) in [5, 5.41) is 6.54. The van der Waals surface area contributed by atoms with Crippen LogP contribution in [0.5, 0.6) is 0 Å². The number of halogens is 2. The first kappa shape index (κ1) is 20.8. The molecule has 7 heteroatoms. The summed E-state index contributed by atoms with van der Waals surface area (Å²) in [5.41, 5.74) is 1.12. The SMILES string of the molecule is Cc1c(C(=O)NC(c2cccc(F)c2)C2CC2)c2cccc(F)c2c(=O)n1C1CCNC1. The van der Waals surface area contributed by atoms with E-state index >= 15 is 0 Å². The number of fused-ring (bicyclic) bond motifs is 1. The monoisotopic (exact) mass is 437 g/mol. The molecule has 1 amide bonds. The molecule has 1 saturated carbocycles. The highest BCUT2D eigenvalue weighted by Gasteiger charge is 2.35. The summed E-state index contributed by atoms with van der Waals surface area (Å²) in [5.74, 6) is -1.13. The van der Waals surface area contributed by atoms with Crippen LogP contribution in [0.2, 0.25) is 0 Å². The van der Waals surface area contributed by atoms with E-state index in [0.717, 1.165) is 25.8 Å². The fraction of sp³-hybridized carbons (Fsp3) is 0.360. The van der Waals surface area contributed by atoms with E-state index in [-0.39, 0.29) is 35.1 Å². The Kier molecular flexibility index (Phi) is 5.29. The zero-order chi connectivity index (χ0) is 22.4. The van der Waals surface area contributed by atoms with Crippen molar-refractivity contribution >= 4 is 16.7 Å². The Morgan fingerprint density at radius 2 is 1.94 bits per heavy atom. The molecule has 0 spiro atoms. The molecular formula is C25H25F2N3O2. The molecule has 1 aliphatic carbocycles. The molecule has 32 heavy (non-hydrogen) atoms. The molecule has 2 unspecified atom stereocenters. The molecule has 2 aliphatic rings. The number of rotatable bonds is 5. The van der Waals surface area contributed by atoms with Crippen molar-refractivity contribution < 1.29 is 13.6 Å². The standard InChI is InChI=1S/C25H25F2N3O2/c1-14-21(24(31)29-23(15-8-9-15)16-4-2-5-17(26)12-16)19-6-3-7-20(27)22(19)25(32)30(14)18-10-11-28-13-18/h2-7,12,15,18,23,28H,8-11,13H2,1H3,(H,29,31). The van der Waals surface area contributed by atoms with Crippen molar-refractivity contribution in [1.82, 2.24) is 15.2 Å². The Labute approximate surface area is 184 Å². The van der Waals surface area contributed by atoms with Crippen molar-refractivity contribution in [3.8, 4) is 0 Å². The zero-order valence-electron chi connectivity index (χ0n) is 17.8. The van der Waals surface area contributed by atoms with Gasteiger partial charge in [-0.1, -0.05) is 24.3 Å². The average molecular weight is 437 g/mol. The molecule has 2 fully saturated rings. The number of carbonyl (C=O) groups excluding carboxylic acids is 1. The molecule has 1 aromatic heterocycles. The maximum atomic E-state index is 14.8. The maximum Gasteiger partial charge on any atom is 0.261 e. The number of aromatic nitrogens is 1. The van der Waals surface area contributed by atoms with Crippen LogP contribution in [-0.2, 0) is 0 Å². The van der Waals surface area contributed by atoms with Crippen LogP contribution in [0.4, 0.5) is 8.78 Å². The molecule has 3 aromatic rings. The first-order valence-corrected chi connectivity index (χ1v) is 11.1. The van der Waals surface area contributed by atoms with Gasteiger partial charge >= 0.3 is 0 Å². The zero-order valence-corrected chi connectivity index (χ0v) is 17.8. The largest absolute Gasteiger partial charge is 0.345 e. The topological polar surface area (TPSA) is 63.1 Å². The van der Waals surface area contributed by atoms with Crippen molar-refractivity contribution in [1.29, 1.82) is 0 Å². The number of pyridine rings is 1. The van der Waals surface area contributed by atoms with E-state index in [1.165, 1.54) is 24.3 Å². The first-order chi connectivity index (χ1) is 15.5. The average Bonchev–Trinajstić information content (AvgIpc) is 3.46. The number of benzene rings is 2. The van der Waals surface area contributed by atoms with Gasteiger partial charge in [0.2, 0.25) is 0 Å².